The lowest BCUT2D eigenvalue weighted by Crippen LogP contribution is -2.29. The van der Waals surface area contributed by atoms with E-state index < -0.39 is 49.6 Å². The van der Waals surface area contributed by atoms with Gasteiger partial charge in [0, 0.05) is 25.9 Å². The van der Waals surface area contributed by atoms with Crippen molar-refractivity contribution in [3.8, 4) is 23.0 Å². The van der Waals surface area contributed by atoms with Crippen molar-refractivity contribution in [3.05, 3.63) is 119 Å². The summed E-state index contributed by atoms with van der Waals surface area (Å²) in [5.41, 5.74) is 3.79. The normalized spacial score (nSPS) is 11.9. The molecule has 17 heteroatoms. The first-order valence-electron chi connectivity index (χ1n) is 21.9. The third kappa shape index (κ3) is 24.1. The standard InChI is InChI=1S/C25H31F2NO6.C25H32FNO6/c1-28(2)15-14-21(33-24(31)13-12-23(29)30)17-32-22-9-4-3-7-19(22)11-10-18-6-5-8-20(16-18)34-25(26)27;1-27(2)15-14-22(33-25(30)13-12-24(28)29)17-31-23-9-4-3-7-20(23)11-10-19-6-5-8-21(16-19)32-18-26/h3-9,16,21,25H,10-15,17H2,1-2H3,(H,29,30);3-9,16,22H,10-15,17-18H2,1-2H3,(H,28,29). The van der Waals surface area contributed by atoms with E-state index in [2.05, 4.69) is 4.74 Å². The number of nitrogens with zero attached hydrogens (tertiary/aromatic N) is 2. The highest BCUT2D eigenvalue weighted by molar-refractivity contribution is 5.77. The van der Waals surface area contributed by atoms with Crippen molar-refractivity contribution in [2.45, 2.75) is 83.0 Å². The number of hydrogen-bond donors (Lipinski definition) is 2. The predicted molar refractivity (Wildman–Crippen MR) is 245 cm³/mol. The summed E-state index contributed by atoms with van der Waals surface area (Å²) in [6.45, 7) is -2.08. The monoisotopic (exact) mass is 940 g/mol. The number of carboxylic acids is 2. The van der Waals surface area contributed by atoms with Gasteiger partial charge in [-0.25, -0.2) is 4.39 Å². The third-order valence-corrected chi connectivity index (χ3v) is 9.88. The van der Waals surface area contributed by atoms with Crippen LogP contribution < -0.4 is 18.9 Å². The highest BCUT2D eigenvalue weighted by Gasteiger charge is 2.20. The molecule has 4 rings (SSSR count). The summed E-state index contributed by atoms with van der Waals surface area (Å²) in [4.78, 5) is 49.4. The van der Waals surface area contributed by atoms with E-state index in [0.29, 0.717) is 62.4 Å². The van der Waals surface area contributed by atoms with Crippen LogP contribution in [-0.4, -0.2) is 124 Å². The second kappa shape index (κ2) is 30.8. The third-order valence-electron chi connectivity index (χ3n) is 9.88. The van der Waals surface area contributed by atoms with Gasteiger partial charge in [0.15, 0.2) is 0 Å². The Balaban J connectivity index is 0.000000355. The van der Waals surface area contributed by atoms with Crippen molar-refractivity contribution < 1.29 is 71.0 Å². The first kappa shape index (κ1) is 55.0. The van der Waals surface area contributed by atoms with Crippen molar-refractivity contribution in [3.63, 3.8) is 0 Å². The molecule has 0 fully saturated rings. The Bertz CT molecular complexity index is 2100. The van der Waals surface area contributed by atoms with E-state index in [1.165, 1.54) is 6.07 Å². The Morgan fingerprint density at radius 2 is 0.985 bits per heavy atom. The average molecular weight is 941 g/mol. The van der Waals surface area contributed by atoms with Crippen LogP contribution in [0.2, 0.25) is 0 Å². The number of carboxylic acid groups (broad SMARTS) is 2. The molecule has 0 aromatic heterocycles. The number of carbonyl (C=O) groups excluding carboxylic acids is 2. The lowest BCUT2D eigenvalue weighted by Gasteiger charge is -2.21. The summed E-state index contributed by atoms with van der Waals surface area (Å²) in [5, 5.41) is 17.5. The summed E-state index contributed by atoms with van der Waals surface area (Å²) < 4.78 is 69.7. The van der Waals surface area contributed by atoms with Gasteiger partial charge in [0.1, 0.15) is 48.4 Å². The number of para-hydroxylation sites is 2. The van der Waals surface area contributed by atoms with Gasteiger partial charge in [-0.05, 0) is 113 Å². The number of benzene rings is 4. The highest BCUT2D eigenvalue weighted by atomic mass is 19.3. The van der Waals surface area contributed by atoms with E-state index in [1.54, 1.807) is 18.2 Å². The van der Waals surface area contributed by atoms with Crippen molar-refractivity contribution in [1.82, 2.24) is 9.80 Å². The van der Waals surface area contributed by atoms with E-state index >= 15 is 0 Å². The maximum atomic E-state index is 12.5. The molecule has 0 heterocycles. The van der Waals surface area contributed by atoms with Crippen LogP contribution in [0.5, 0.6) is 23.0 Å². The first-order chi connectivity index (χ1) is 32.1. The summed E-state index contributed by atoms with van der Waals surface area (Å²) in [5.74, 6) is -1.27. The summed E-state index contributed by atoms with van der Waals surface area (Å²) >= 11 is 0. The number of ether oxygens (including phenoxy) is 6. The number of alkyl halides is 3. The minimum atomic E-state index is -2.87. The SMILES string of the molecule is CN(C)CCC(COc1ccccc1CCc1cccc(OC(F)F)c1)OC(=O)CCC(=O)O.CN(C)CCC(COc1ccccc1CCc1cccc(OCF)c1)OC(=O)CCC(=O)O. The summed E-state index contributed by atoms with van der Waals surface area (Å²) in [6.07, 6.45) is 1.79. The molecule has 2 atom stereocenters. The molecule has 0 radical (unpaired) electrons. The van der Waals surface area contributed by atoms with Crippen molar-refractivity contribution >= 4 is 23.9 Å². The molecule has 0 amide bonds. The Kier molecular flexibility index (Phi) is 25.3. The molecule has 0 aliphatic carbocycles. The molecule has 4 aromatic rings. The second-order valence-electron chi connectivity index (χ2n) is 16.0. The lowest BCUT2D eigenvalue weighted by atomic mass is 10.0. The molecule has 67 heavy (non-hydrogen) atoms. The molecule has 366 valence electrons. The van der Waals surface area contributed by atoms with Crippen molar-refractivity contribution in [2.24, 2.45) is 0 Å². The van der Waals surface area contributed by atoms with Crippen molar-refractivity contribution in [2.75, 3.05) is 61.4 Å². The maximum absolute atomic E-state index is 12.5. The van der Waals surface area contributed by atoms with Crippen LogP contribution in [0.15, 0.2) is 97.1 Å². The minimum Gasteiger partial charge on any atom is -0.489 e. The number of esters is 2. The van der Waals surface area contributed by atoms with E-state index in [9.17, 15) is 32.3 Å². The predicted octanol–water partition coefficient (Wildman–Crippen LogP) is 8.07. The van der Waals surface area contributed by atoms with Gasteiger partial charge in [-0.2, -0.15) is 8.78 Å². The summed E-state index contributed by atoms with van der Waals surface area (Å²) in [6, 6.07) is 29.0. The topological polar surface area (TPSA) is 171 Å². The van der Waals surface area contributed by atoms with Gasteiger partial charge >= 0.3 is 30.5 Å². The molecule has 0 saturated carbocycles. The zero-order valence-corrected chi connectivity index (χ0v) is 38.6. The van der Waals surface area contributed by atoms with Crippen molar-refractivity contribution in [1.29, 1.82) is 0 Å². The fraction of sp³-hybridized carbons (Fsp3) is 0.440. The fourth-order valence-corrected chi connectivity index (χ4v) is 6.42. The zero-order chi connectivity index (χ0) is 49.0. The van der Waals surface area contributed by atoms with Crippen LogP contribution in [0.3, 0.4) is 0 Å². The maximum Gasteiger partial charge on any atom is 0.387 e. The Morgan fingerprint density at radius 1 is 0.552 bits per heavy atom. The number of rotatable bonds is 30. The molecule has 0 spiro atoms. The fourth-order valence-electron chi connectivity index (χ4n) is 6.42. The van der Waals surface area contributed by atoms with Gasteiger partial charge in [-0.3, -0.25) is 19.2 Å². The Morgan fingerprint density at radius 3 is 1.40 bits per heavy atom. The average Bonchev–Trinajstić information content (AvgIpc) is 3.29. The number of halogens is 3. The first-order valence-corrected chi connectivity index (χ1v) is 21.9. The van der Waals surface area contributed by atoms with Crippen LogP contribution in [0.25, 0.3) is 0 Å². The molecule has 4 aromatic carbocycles. The highest BCUT2D eigenvalue weighted by Crippen LogP contribution is 2.25. The van der Waals surface area contributed by atoms with E-state index in [-0.39, 0.29) is 44.6 Å². The van der Waals surface area contributed by atoms with Gasteiger partial charge in [-0.1, -0.05) is 60.7 Å². The van der Waals surface area contributed by atoms with Gasteiger partial charge in [0.2, 0.25) is 6.86 Å². The molecule has 0 bridgehead atoms. The van der Waals surface area contributed by atoms with Crippen LogP contribution in [-0.2, 0) is 54.3 Å². The quantitative estimate of drug-likeness (QED) is 0.0481. The number of carbonyl (C=O) groups is 4. The number of aliphatic carboxylic acids is 2. The molecule has 2 unspecified atom stereocenters. The molecule has 0 saturated heterocycles. The van der Waals surface area contributed by atoms with Crippen LogP contribution in [0, 0.1) is 0 Å². The Labute approximate surface area is 390 Å². The van der Waals surface area contributed by atoms with E-state index in [4.69, 9.17) is 33.9 Å². The lowest BCUT2D eigenvalue weighted by molar-refractivity contribution is -0.154. The van der Waals surface area contributed by atoms with Crippen LogP contribution in [0.1, 0.15) is 60.8 Å². The molecule has 14 nitrogen and oxygen atoms in total. The second-order valence-corrected chi connectivity index (χ2v) is 16.0. The molecule has 2 N–H and O–H groups in total. The summed E-state index contributed by atoms with van der Waals surface area (Å²) in [7, 11) is 7.65. The molecular weight excluding hydrogens is 878 g/mol. The number of hydrogen-bond acceptors (Lipinski definition) is 12. The molecular formula is C50H63F3N2O12. The van der Waals surface area contributed by atoms with E-state index in [0.717, 1.165) is 28.7 Å². The minimum absolute atomic E-state index is 0.116. The van der Waals surface area contributed by atoms with Gasteiger partial charge in [0.25, 0.3) is 0 Å². The molecule has 0 aliphatic heterocycles. The largest absolute Gasteiger partial charge is 0.489 e. The van der Waals surface area contributed by atoms with Crippen LogP contribution in [0.4, 0.5) is 13.2 Å². The zero-order valence-electron chi connectivity index (χ0n) is 38.6. The van der Waals surface area contributed by atoms with Crippen LogP contribution >= 0.6 is 0 Å². The Hall–Kier alpha value is -6.33. The number of aryl methyl sites for hydroxylation is 4. The van der Waals surface area contributed by atoms with E-state index in [1.807, 2.05) is 111 Å². The van der Waals surface area contributed by atoms with Gasteiger partial charge < -0.3 is 48.4 Å². The smallest absolute Gasteiger partial charge is 0.387 e. The van der Waals surface area contributed by atoms with Gasteiger partial charge in [-0.15, -0.1) is 0 Å². The van der Waals surface area contributed by atoms with Gasteiger partial charge in [0.05, 0.1) is 25.7 Å². The molecule has 0 aliphatic rings.